The molecule has 0 saturated carbocycles. The van der Waals surface area contributed by atoms with E-state index in [9.17, 15) is 14.7 Å². The molecule has 1 aromatic carbocycles. The van der Waals surface area contributed by atoms with Crippen molar-refractivity contribution in [2.45, 2.75) is 32.0 Å². The number of carboxylic acid groups (broad SMARTS) is 1. The zero-order valence-electron chi connectivity index (χ0n) is 12.3. The summed E-state index contributed by atoms with van der Waals surface area (Å²) in [7, 11) is 0. The first-order valence-corrected chi connectivity index (χ1v) is 7.52. The maximum atomic E-state index is 12.6. The highest BCUT2D eigenvalue weighted by molar-refractivity contribution is 5.97. The third-order valence-corrected chi connectivity index (χ3v) is 4.31. The van der Waals surface area contributed by atoms with Crippen molar-refractivity contribution in [2.24, 2.45) is 11.8 Å². The van der Waals surface area contributed by atoms with Gasteiger partial charge in [0, 0.05) is 0 Å². The third kappa shape index (κ3) is 2.54. The Balaban J connectivity index is 1.78. The molecule has 2 fully saturated rings. The molecule has 0 unspecified atom stereocenters. The summed E-state index contributed by atoms with van der Waals surface area (Å²) in [4.78, 5) is 24.0. The van der Waals surface area contributed by atoms with Gasteiger partial charge in [0.15, 0.2) is 0 Å². The lowest BCUT2D eigenvalue weighted by atomic mass is 9.78. The summed E-state index contributed by atoms with van der Waals surface area (Å²) in [6.07, 6.45) is 0.798. The number of hydrogen-bond acceptors (Lipinski definition) is 4. The first kappa shape index (κ1) is 14.8. The number of aliphatic carboxylic acids is 1. The maximum absolute atomic E-state index is 12.6. The summed E-state index contributed by atoms with van der Waals surface area (Å²) in [5.41, 5.74) is 0.557. The number of carbonyl (C=O) groups is 2. The van der Waals surface area contributed by atoms with Gasteiger partial charge in [-0.05, 0) is 31.9 Å². The number of carbonyl (C=O) groups excluding carboxylic acids is 1. The van der Waals surface area contributed by atoms with Crippen LogP contribution in [0.4, 0.5) is 5.69 Å². The van der Waals surface area contributed by atoms with Gasteiger partial charge < -0.3 is 19.9 Å². The van der Waals surface area contributed by atoms with E-state index in [0.717, 1.165) is 6.42 Å². The van der Waals surface area contributed by atoms with Crippen molar-refractivity contribution in [1.29, 1.82) is 0 Å². The Kier molecular flexibility index (Phi) is 4.02. The average Bonchev–Trinajstić information content (AvgIpc) is 3.10. The number of rotatable bonds is 5. The molecule has 6 heteroatoms. The lowest BCUT2D eigenvalue weighted by molar-refractivity contribution is -0.147. The van der Waals surface area contributed by atoms with Crippen LogP contribution in [0, 0.1) is 11.8 Å². The van der Waals surface area contributed by atoms with Crippen LogP contribution in [0.3, 0.4) is 0 Å². The number of amides is 1. The van der Waals surface area contributed by atoms with Crippen molar-refractivity contribution >= 4 is 17.6 Å². The minimum Gasteiger partial charge on any atom is -0.492 e. The van der Waals surface area contributed by atoms with Crippen LogP contribution >= 0.6 is 0 Å². The fourth-order valence-corrected chi connectivity index (χ4v) is 3.39. The Bertz CT molecular complexity index is 588. The van der Waals surface area contributed by atoms with Gasteiger partial charge in [0.1, 0.15) is 5.75 Å². The van der Waals surface area contributed by atoms with Crippen molar-refractivity contribution in [3.8, 4) is 5.75 Å². The Morgan fingerprint density at radius 1 is 1.27 bits per heavy atom. The number of hydrogen-bond donors (Lipinski definition) is 2. The van der Waals surface area contributed by atoms with Gasteiger partial charge in [-0.15, -0.1) is 0 Å². The molecular formula is C16H19NO5. The van der Waals surface area contributed by atoms with E-state index in [-0.39, 0.29) is 18.1 Å². The van der Waals surface area contributed by atoms with Gasteiger partial charge >= 0.3 is 5.97 Å². The minimum atomic E-state index is -0.967. The molecule has 1 aromatic rings. The number of carboxylic acids is 1. The number of ether oxygens (including phenoxy) is 2. The first-order chi connectivity index (χ1) is 10.6. The molecule has 2 heterocycles. The number of benzene rings is 1. The molecule has 2 aliphatic heterocycles. The van der Waals surface area contributed by atoms with Crippen LogP contribution in [0.1, 0.15) is 19.8 Å². The van der Waals surface area contributed by atoms with Gasteiger partial charge in [0.05, 0.1) is 36.3 Å². The molecule has 1 amide bonds. The van der Waals surface area contributed by atoms with Crippen LogP contribution in [0.25, 0.3) is 0 Å². The van der Waals surface area contributed by atoms with Crippen LogP contribution < -0.4 is 10.1 Å². The number of para-hydroxylation sites is 2. The average molecular weight is 305 g/mol. The normalized spacial score (nSPS) is 29.3. The number of anilines is 1. The van der Waals surface area contributed by atoms with Crippen molar-refractivity contribution in [3.63, 3.8) is 0 Å². The van der Waals surface area contributed by atoms with Gasteiger partial charge in [-0.1, -0.05) is 12.1 Å². The minimum absolute atomic E-state index is 0.301. The molecule has 118 valence electrons. The second-order valence-corrected chi connectivity index (χ2v) is 5.60. The molecule has 0 aliphatic carbocycles. The van der Waals surface area contributed by atoms with E-state index in [1.807, 2.05) is 13.0 Å². The summed E-state index contributed by atoms with van der Waals surface area (Å²) >= 11 is 0. The summed E-state index contributed by atoms with van der Waals surface area (Å²) in [5, 5.41) is 12.2. The molecule has 4 atom stereocenters. The Morgan fingerprint density at radius 2 is 1.95 bits per heavy atom. The highest BCUT2D eigenvalue weighted by Crippen LogP contribution is 2.44. The van der Waals surface area contributed by atoms with Gasteiger partial charge in [0.2, 0.25) is 5.91 Å². The maximum Gasteiger partial charge on any atom is 0.310 e. The van der Waals surface area contributed by atoms with Crippen LogP contribution in [-0.4, -0.2) is 35.8 Å². The monoisotopic (exact) mass is 305 g/mol. The van der Waals surface area contributed by atoms with Gasteiger partial charge in [-0.3, -0.25) is 9.59 Å². The Hall–Kier alpha value is -2.08. The van der Waals surface area contributed by atoms with Crippen LogP contribution in [-0.2, 0) is 14.3 Å². The van der Waals surface area contributed by atoms with Crippen LogP contribution in [0.5, 0.6) is 5.75 Å². The Morgan fingerprint density at radius 3 is 2.64 bits per heavy atom. The molecule has 2 saturated heterocycles. The molecule has 22 heavy (non-hydrogen) atoms. The van der Waals surface area contributed by atoms with E-state index in [0.29, 0.717) is 24.5 Å². The lowest BCUT2D eigenvalue weighted by Gasteiger charge is -2.24. The van der Waals surface area contributed by atoms with Crippen molar-refractivity contribution in [3.05, 3.63) is 24.3 Å². The lowest BCUT2D eigenvalue weighted by Crippen LogP contribution is -2.41. The molecular weight excluding hydrogens is 286 g/mol. The van der Waals surface area contributed by atoms with Gasteiger partial charge in [-0.25, -0.2) is 0 Å². The summed E-state index contributed by atoms with van der Waals surface area (Å²) in [6, 6.07) is 7.13. The molecule has 0 radical (unpaired) electrons. The second-order valence-electron chi connectivity index (χ2n) is 5.60. The molecule has 2 aliphatic rings. The summed E-state index contributed by atoms with van der Waals surface area (Å²) < 4.78 is 11.1. The number of nitrogens with one attached hydrogen (secondary N) is 1. The highest BCUT2D eigenvalue weighted by Gasteiger charge is 2.55. The van der Waals surface area contributed by atoms with E-state index >= 15 is 0 Å². The van der Waals surface area contributed by atoms with Gasteiger partial charge in [-0.2, -0.15) is 0 Å². The van der Waals surface area contributed by atoms with E-state index in [4.69, 9.17) is 9.47 Å². The fourth-order valence-electron chi connectivity index (χ4n) is 3.39. The molecule has 2 N–H and O–H groups in total. The SMILES string of the molecule is CCOc1ccccc1NC(=O)[C@H]1[C@@H](C(=O)O)[C@H]2CC[C@@H]1O2. The van der Waals surface area contributed by atoms with E-state index in [2.05, 4.69) is 5.32 Å². The van der Waals surface area contributed by atoms with Crippen molar-refractivity contribution < 1.29 is 24.2 Å². The van der Waals surface area contributed by atoms with E-state index in [1.54, 1.807) is 18.2 Å². The first-order valence-electron chi connectivity index (χ1n) is 7.52. The van der Waals surface area contributed by atoms with Crippen LogP contribution in [0.2, 0.25) is 0 Å². The smallest absolute Gasteiger partial charge is 0.310 e. The summed E-state index contributed by atoms with van der Waals surface area (Å²) in [6.45, 7) is 2.35. The summed E-state index contributed by atoms with van der Waals surface area (Å²) in [5.74, 6) is -2.12. The Labute approximate surface area is 128 Å². The molecule has 6 nitrogen and oxygen atoms in total. The zero-order valence-corrected chi connectivity index (χ0v) is 12.3. The van der Waals surface area contributed by atoms with Gasteiger partial charge in [0.25, 0.3) is 0 Å². The quantitative estimate of drug-likeness (QED) is 0.868. The molecule has 3 rings (SSSR count). The van der Waals surface area contributed by atoms with E-state index < -0.39 is 17.8 Å². The van der Waals surface area contributed by atoms with Crippen molar-refractivity contribution in [2.75, 3.05) is 11.9 Å². The second kappa shape index (κ2) is 5.96. The predicted molar refractivity (Wildman–Crippen MR) is 78.8 cm³/mol. The third-order valence-electron chi connectivity index (χ3n) is 4.31. The highest BCUT2D eigenvalue weighted by atomic mass is 16.5. The predicted octanol–water partition coefficient (Wildman–Crippen LogP) is 1.90. The molecule has 0 spiro atoms. The standard InChI is InChI=1S/C16H19NO5/c1-2-21-10-6-4-3-5-9(10)17-15(18)13-11-7-8-12(22-11)14(13)16(19)20/h3-6,11-14H,2,7-8H2,1H3,(H,17,18)(H,19,20)/t11-,12+,13+,14-/m0/s1. The van der Waals surface area contributed by atoms with Crippen molar-refractivity contribution in [1.82, 2.24) is 0 Å². The largest absolute Gasteiger partial charge is 0.492 e. The van der Waals surface area contributed by atoms with E-state index in [1.165, 1.54) is 0 Å². The molecule has 2 bridgehead atoms. The zero-order chi connectivity index (χ0) is 15.7. The topological polar surface area (TPSA) is 84.9 Å². The fraction of sp³-hybridized carbons (Fsp3) is 0.500. The molecule has 0 aromatic heterocycles. The number of fused-ring (bicyclic) bond motifs is 2. The van der Waals surface area contributed by atoms with Crippen LogP contribution in [0.15, 0.2) is 24.3 Å².